The molecule has 0 aliphatic carbocycles. The molecule has 0 amide bonds. The molecule has 1 saturated heterocycles. The van der Waals surface area contributed by atoms with Gasteiger partial charge in [0.15, 0.2) is 0 Å². The molecule has 0 unspecified atom stereocenters. The summed E-state index contributed by atoms with van der Waals surface area (Å²) < 4.78 is 5.67. The Morgan fingerprint density at radius 2 is 1.89 bits per heavy atom. The first-order chi connectivity index (χ1) is 9.31. The van der Waals surface area contributed by atoms with Gasteiger partial charge in [0.05, 0.1) is 12.6 Å². The molecule has 1 N–H and O–H groups in total. The van der Waals surface area contributed by atoms with Gasteiger partial charge >= 0.3 is 0 Å². The molecule has 1 aliphatic heterocycles. The molecule has 5 nitrogen and oxygen atoms in total. The van der Waals surface area contributed by atoms with Gasteiger partial charge in [0, 0.05) is 18.7 Å². The smallest absolute Gasteiger partial charge is 0.247 e. The molecule has 3 rings (SSSR count). The van der Waals surface area contributed by atoms with Crippen molar-refractivity contribution in [2.45, 2.75) is 25.5 Å². The average Bonchev–Trinajstić information content (AvgIpc) is 2.91. The van der Waals surface area contributed by atoms with Crippen LogP contribution in [0.3, 0.4) is 0 Å². The fraction of sp³-hybridized carbons (Fsp3) is 0.429. The van der Waals surface area contributed by atoms with Crippen molar-refractivity contribution in [1.29, 1.82) is 0 Å². The second kappa shape index (κ2) is 5.50. The van der Waals surface area contributed by atoms with Crippen molar-refractivity contribution in [3.63, 3.8) is 0 Å². The van der Waals surface area contributed by atoms with E-state index in [2.05, 4.69) is 15.1 Å². The van der Waals surface area contributed by atoms with Gasteiger partial charge in [0.2, 0.25) is 11.8 Å². The molecule has 1 aliphatic rings. The van der Waals surface area contributed by atoms with Crippen molar-refractivity contribution < 1.29 is 9.52 Å². The van der Waals surface area contributed by atoms with Crippen LogP contribution >= 0.6 is 0 Å². The third kappa shape index (κ3) is 3.00. The van der Waals surface area contributed by atoms with Crippen LogP contribution in [0.15, 0.2) is 34.7 Å². The number of aliphatic hydroxyl groups is 1. The molecule has 0 bridgehead atoms. The monoisotopic (exact) mass is 259 g/mol. The van der Waals surface area contributed by atoms with Gasteiger partial charge < -0.3 is 9.52 Å². The Kier molecular flexibility index (Phi) is 3.57. The maximum atomic E-state index is 9.47. The van der Waals surface area contributed by atoms with Gasteiger partial charge in [-0.15, -0.1) is 10.2 Å². The Hall–Kier alpha value is -1.72. The summed E-state index contributed by atoms with van der Waals surface area (Å²) in [4.78, 5) is 2.23. The van der Waals surface area contributed by atoms with Gasteiger partial charge in [-0.25, -0.2) is 0 Å². The number of likely N-dealkylation sites (tertiary alicyclic amines) is 1. The molecule has 0 spiro atoms. The molecular formula is C14H17N3O2. The van der Waals surface area contributed by atoms with E-state index in [1.165, 1.54) is 0 Å². The molecule has 2 heterocycles. The van der Waals surface area contributed by atoms with Crippen LogP contribution in [0.25, 0.3) is 11.5 Å². The summed E-state index contributed by atoms with van der Waals surface area (Å²) in [5.74, 6) is 1.20. The van der Waals surface area contributed by atoms with Gasteiger partial charge in [-0.2, -0.15) is 0 Å². The van der Waals surface area contributed by atoms with E-state index in [4.69, 9.17) is 4.42 Å². The Morgan fingerprint density at radius 1 is 1.16 bits per heavy atom. The molecule has 19 heavy (non-hydrogen) atoms. The zero-order chi connectivity index (χ0) is 13.1. The minimum Gasteiger partial charge on any atom is -0.419 e. The number of nitrogens with zero attached hydrogens (tertiary/aromatic N) is 3. The van der Waals surface area contributed by atoms with Crippen molar-refractivity contribution >= 4 is 0 Å². The van der Waals surface area contributed by atoms with Gasteiger partial charge in [0.25, 0.3) is 0 Å². The second-order valence-electron chi connectivity index (χ2n) is 4.87. The summed E-state index contributed by atoms with van der Waals surface area (Å²) in [7, 11) is 0. The van der Waals surface area contributed by atoms with Crippen molar-refractivity contribution in [3.05, 3.63) is 36.2 Å². The minimum absolute atomic E-state index is 0.154. The highest BCUT2D eigenvalue weighted by molar-refractivity contribution is 5.51. The lowest BCUT2D eigenvalue weighted by Crippen LogP contribution is -2.35. The number of hydrogen-bond donors (Lipinski definition) is 1. The minimum atomic E-state index is -0.154. The predicted octanol–water partition coefficient (Wildman–Crippen LogP) is 1.69. The van der Waals surface area contributed by atoms with Crippen molar-refractivity contribution in [2.75, 3.05) is 13.1 Å². The molecule has 1 aromatic heterocycles. The quantitative estimate of drug-likeness (QED) is 0.909. The predicted molar refractivity (Wildman–Crippen MR) is 70.3 cm³/mol. The van der Waals surface area contributed by atoms with Crippen LogP contribution in [-0.2, 0) is 6.54 Å². The van der Waals surface area contributed by atoms with Gasteiger partial charge in [-0.3, -0.25) is 4.90 Å². The van der Waals surface area contributed by atoms with E-state index in [0.717, 1.165) is 31.5 Å². The van der Waals surface area contributed by atoms with Gasteiger partial charge in [-0.1, -0.05) is 18.2 Å². The van der Waals surface area contributed by atoms with Crippen LogP contribution in [0.2, 0.25) is 0 Å². The molecule has 0 radical (unpaired) electrons. The maximum Gasteiger partial charge on any atom is 0.247 e. The average molecular weight is 259 g/mol. The van der Waals surface area contributed by atoms with Crippen LogP contribution in [0.1, 0.15) is 18.7 Å². The number of piperidine rings is 1. The molecule has 100 valence electrons. The fourth-order valence-electron chi connectivity index (χ4n) is 2.28. The Labute approximate surface area is 111 Å². The van der Waals surface area contributed by atoms with E-state index in [9.17, 15) is 5.11 Å². The highest BCUT2D eigenvalue weighted by Crippen LogP contribution is 2.18. The zero-order valence-electron chi connectivity index (χ0n) is 10.7. The first-order valence-corrected chi connectivity index (χ1v) is 6.59. The lowest BCUT2D eigenvalue weighted by molar-refractivity contribution is 0.0752. The number of aliphatic hydroxyl groups excluding tert-OH is 1. The summed E-state index contributed by atoms with van der Waals surface area (Å²) in [5, 5.41) is 17.6. The topological polar surface area (TPSA) is 62.4 Å². The number of aromatic nitrogens is 2. The van der Waals surface area contributed by atoms with E-state index in [1.54, 1.807) is 0 Å². The molecular weight excluding hydrogens is 242 g/mol. The largest absolute Gasteiger partial charge is 0.419 e. The highest BCUT2D eigenvalue weighted by Gasteiger charge is 2.19. The van der Waals surface area contributed by atoms with Crippen LogP contribution in [0.5, 0.6) is 0 Å². The van der Waals surface area contributed by atoms with Crippen molar-refractivity contribution in [3.8, 4) is 11.5 Å². The lowest BCUT2D eigenvalue weighted by Gasteiger charge is -2.27. The maximum absolute atomic E-state index is 9.47. The number of rotatable bonds is 3. The summed E-state index contributed by atoms with van der Waals surface area (Å²) in [6.07, 6.45) is 1.48. The fourth-order valence-corrected chi connectivity index (χ4v) is 2.28. The van der Waals surface area contributed by atoms with Crippen molar-refractivity contribution in [2.24, 2.45) is 0 Å². The molecule has 1 aromatic carbocycles. The number of hydrogen-bond acceptors (Lipinski definition) is 5. The first kappa shape index (κ1) is 12.3. The summed E-state index contributed by atoms with van der Waals surface area (Å²) in [6.45, 7) is 2.42. The van der Waals surface area contributed by atoms with E-state index in [-0.39, 0.29) is 6.10 Å². The van der Waals surface area contributed by atoms with E-state index in [0.29, 0.717) is 18.3 Å². The standard InChI is InChI=1S/C14H17N3O2/c18-12-6-8-17(9-7-12)10-13-15-16-14(19-13)11-4-2-1-3-5-11/h1-5,12,18H,6-10H2. The highest BCUT2D eigenvalue weighted by atomic mass is 16.4. The summed E-state index contributed by atoms with van der Waals surface area (Å²) >= 11 is 0. The van der Waals surface area contributed by atoms with E-state index >= 15 is 0 Å². The second-order valence-corrected chi connectivity index (χ2v) is 4.87. The van der Waals surface area contributed by atoms with Gasteiger partial charge in [0.1, 0.15) is 0 Å². The normalized spacial score (nSPS) is 17.7. The molecule has 5 heteroatoms. The van der Waals surface area contributed by atoms with Gasteiger partial charge in [-0.05, 0) is 25.0 Å². The van der Waals surface area contributed by atoms with Crippen LogP contribution in [0.4, 0.5) is 0 Å². The Morgan fingerprint density at radius 3 is 2.63 bits per heavy atom. The van der Waals surface area contributed by atoms with Crippen molar-refractivity contribution in [1.82, 2.24) is 15.1 Å². The van der Waals surface area contributed by atoms with Crippen LogP contribution < -0.4 is 0 Å². The third-order valence-corrected chi connectivity index (χ3v) is 3.40. The SMILES string of the molecule is OC1CCN(Cc2nnc(-c3ccccc3)o2)CC1. The Bertz CT molecular complexity index is 518. The summed E-state index contributed by atoms with van der Waals surface area (Å²) in [5.41, 5.74) is 0.940. The third-order valence-electron chi connectivity index (χ3n) is 3.40. The zero-order valence-corrected chi connectivity index (χ0v) is 10.7. The van der Waals surface area contributed by atoms with E-state index < -0.39 is 0 Å². The first-order valence-electron chi connectivity index (χ1n) is 6.59. The molecule has 0 saturated carbocycles. The molecule has 1 fully saturated rings. The molecule has 2 aromatic rings. The lowest BCUT2D eigenvalue weighted by atomic mass is 10.1. The van der Waals surface area contributed by atoms with Crippen LogP contribution in [-0.4, -0.2) is 39.4 Å². The summed E-state index contributed by atoms with van der Waals surface area (Å²) in [6, 6.07) is 9.76. The Balaban J connectivity index is 1.65. The van der Waals surface area contributed by atoms with E-state index in [1.807, 2.05) is 30.3 Å². The number of benzene rings is 1. The molecule has 0 atom stereocenters. The van der Waals surface area contributed by atoms with Crippen LogP contribution in [0, 0.1) is 0 Å².